The van der Waals surface area contributed by atoms with Gasteiger partial charge in [0.2, 0.25) is 0 Å². The van der Waals surface area contributed by atoms with Crippen molar-refractivity contribution in [2.75, 3.05) is 6.54 Å². The van der Waals surface area contributed by atoms with Gasteiger partial charge in [0, 0.05) is 18.0 Å². The molecule has 0 saturated carbocycles. The molecule has 1 atom stereocenters. The summed E-state index contributed by atoms with van der Waals surface area (Å²) < 4.78 is 5.94. The average molecular weight is 305 g/mol. The highest BCUT2D eigenvalue weighted by Crippen LogP contribution is 2.33. The Balaban J connectivity index is 2.46. The molecule has 2 rings (SSSR count). The third-order valence-corrected chi connectivity index (χ3v) is 3.43. The first-order chi connectivity index (χ1) is 10.1. The molecular formula is C17H21ClN2O. The smallest absolute Gasteiger partial charge is 0.124 e. The summed E-state index contributed by atoms with van der Waals surface area (Å²) in [5.74, 6) is 0.881. The number of para-hydroxylation sites is 1. The second-order valence-corrected chi connectivity index (χ2v) is 5.50. The Morgan fingerprint density at radius 1 is 1.19 bits per heavy atom. The van der Waals surface area contributed by atoms with Gasteiger partial charge >= 0.3 is 0 Å². The summed E-state index contributed by atoms with van der Waals surface area (Å²) in [7, 11) is 0. The Morgan fingerprint density at radius 3 is 2.62 bits per heavy atom. The Labute approximate surface area is 131 Å². The van der Waals surface area contributed by atoms with Crippen LogP contribution in [-0.4, -0.2) is 17.6 Å². The third kappa shape index (κ3) is 3.96. The highest BCUT2D eigenvalue weighted by molar-refractivity contribution is 6.31. The van der Waals surface area contributed by atoms with Gasteiger partial charge in [-0.25, -0.2) is 0 Å². The summed E-state index contributed by atoms with van der Waals surface area (Å²) in [5, 5.41) is 4.13. The summed E-state index contributed by atoms with van der Waals surface area (Å²) in [5.41, 5.74) is 2.09. The minimum Gasteiger partial charge on any atom is -0.491 e. The van der Waals surface area contributed by atoms with E-state index < -0.39 is 0 Å². The van der Waals surface area contributed by atoms with E-state index in [9.17, 15) is 0 Å². The van der Waals surface area contributed by atoms with Crippen LogP contribution in [0.2, 0.25) is 5.02 Å². The van der Waals surface area contributed by atoms with Crippen LogP contribution in [0.1, 0.15) is 37.9 Å². The van der Waals surface area contributed by atoms with Gasteiger partial charge in [-0.3, -0.25) is 4.98 Å². The minimum atomic E-state index is -0.0135. The molecule has 0 saturated heterocycles. The molecule has 0 amide bonds. The molecule has 0 spiro atoms. The van der Waals surface area contributed by atoms with E-state index in [4.69, 9.17) is 16.3 Å². The van der Waals surface area contributed by atoms with E-state index in [0.717, 1.165) is 23.4 Å². The lowest BCUT2D eigenvalue weighted by Gasteiger charge is -2.23. The van der Waals surface area contributed by atoms with Gasteiger partial charge in [0.15, 0.2) is 0 Å². The molecule has 1 unspecified atom stereocenters. The number of nitrogens with one attached hydrogen (secondary N) is 1. The predicted octanol–water partition coefficient (Wildman–Crippen LogP) is 4.22. The molecule has 0 fully saturated rings. The quantitative estimate of drug-likeness (QED) is 0.867. The molecule has 0 bridgehead atoms. The van der Waals surface area contributed by atoms with Crippen LogP contribution < -0.4 is 10.1 Å². The maximum Gasteiger partial charge on any atom is 0.124 e. The number of ether oxygens (including phenoxy) is 1. The van der Waals surface area contributed by atoms with Crippen LogP contribution >= 0.6 is 11.6 Å². The Hall–Kier alpha value is -1.58. The van der Waals surface area contributed by atoms with Crippen molar-refractivity contribution in [3.63, 3.8) is 0 Å². The van der Waals surface area contributed by atoms with Crippen LogP contribution in [-0.2, 0) is 0 Å². The van der Waals surface area contributed by atoms with Crippen molar-refractivity contribution in [2.45, 2.75) is 32.9 Å². The molecule has 2 aromatic rings. The van der Waals surface area contributed by atoms with E-state index in [1.807, 2.05) is 38.1 Å². The van der Waals surface area contributed by atoms with E-state index in [0.29, 0.717) is 5.02 Å². The van der Waals surface area contributed by atoms with Gasteiger partial charge in [-0.15, -0.1) is 0 Å². The van der Waals surface area contributed by atoms with Gasteiger partial charge in [0.25, 0.3) is 0 Å². The summed E-state index contributed by atoms with van der Waals surface area (Å²) in [6, 6.07) is 10.00. The van der Waals surface area contributed by atoms with E-state index >= 15 is 0 Å². The second-order valence-electron chi connectivity index (χ2n) is 5.09. The summed E-state index contributed by atoms with van der Waals surface area (Å²) >= 11 is 6.32. The van der Waals surface area contributed by atoms with E-state index in [-0.39, 0.29) is 12.1 Å². The topological polar surface area (TPSA) is 34.2 Å². The lowest BCUT2D eigenvalue weighted by atomic mass is 9.98. The molecular weight excluding hydrogens is 284 g/mol. The lowest BCUT2D eigenvalue weighted by molar-refractivity contribution is 0.238. The maximum absolute atomic E-state index is 6.32. The van der Waals surface area contributed by atoms with Crippen molar-refractivity contribution in [2.24, 2.45) is 0 Å². The fraction of sp³-hybridized carbons (Fsp3) is 0.353. The Bertz CT molecular complexity index is 587. The van der Waals surface area contributed by atoms with E-state index in [1.54, 1.807) is 12.4 Å². The largest absolute Gasteiger partial charge is 0.491 e. The molecule has 0 radical (unpaired) electrons. The van der Waals surface area contributed by atoms with Crippen molar-refractivity contribution in [1.29, 1.82) is 0 Å². The zero-order valence-electron chi connectivity index (χ0n) is 12.6. The van der Waals surface area contributed by atoms with Gasteiger partial charge in [0.05, 0.1) is 17.2 Å². The van der Waals surface area contributed by atoms with Crippen LogP contribution in [0.5, 0.6) is 5.75 Å². The van der Waals surface area contributed by atoms with Crippen molar-refractivity contribution < 1.29 is 4.74 Å². The Morgan fingerprint density at radius 2 is 1.95 bits per heavy atom. The molecule has 0 aliphatic rings. The SMILES string of the molecule is CCNC(c1ccncc1Cl)c1ccccc1OC(C)C. The first kappa shape index (κ1) is 15.8. The van der Waals surface area contributed by atoms with Crippen LogP contribution in [0.4, 0.5) is 0 Å². The van der Waals surface area contributed by atoms with Crippen LogP contribution in [0.15, 0.2) is 42.7 Å². The first-order valence-corrected chi connectivity index (χ1v) is 7.59. The van der Waals surface area contributed by atoms with E-state index in [1.165, 1.54) is 0 Å². The zero-order chi connectivity index (χ0) is 15.2. The van der Waals surface area contributed by atoms with Gasteiger partial charge in [0.1, 0.15) is 5.75 Å². The maximum atomic E-state index is 6.32. The number of pyridine rings is 1. The minimum absolute atomic E-state index is 0.0135. The molecule has 112 valence electrons. The molecule has 21 heavy (non-hydrogen) atoms. The van der Waals surface area contributed by atoms with Crippen molar-refractivity contribution in [1.82, 2.24) is 10.3 Å². The molecule has 0 aliphatic heterocycles. The Kier molecular flexibility index (Phi) is 5.59. The molecule has 0 aliphatic carbocycles. The highest BCUT2D eigenvalue weighted by atomic mass is 35.5. The summed E-state index contributed by atoms with van der Waals surface area (Å²) in [4.78, 5) is 4.06. The molecule has 1 heterocycles. The molecule has 1 aromatic heterocycles. The number of rotatable bonds is 6. The number of aromatic nitrogens is 1. The second kappa shape index (κ2) is 7.43. The van der Waals surface area contributed by atoms with Crippen molar-refractivity contribution in [3.8, 4) is 5.75 Å². The van der Waals surface area contributed by atoms with Gasteiger partial charge in [-0.05, 0) is 38.1 Å². The number of nitrogens with zero attached hydrogens (tertiary/aromatic N) is 1. The molecule has 1 aromatic carbocycles. The lowest BCUT2D eigenvalue weighted by Crippen LogP contribution is -2.23. The van der Waals surface area contributed by atoms with E-state index in [2.05, 4.69) is 23.3 Å². The first-order valence-electron chi connectivity index (χ1n) is 7.21. The van der Waals surface area contributed by atoms with Crippen LogP contribution in [0.3, 0.4) is 0 Å². The fourth-order valence-corrected chi connectivity index (χ4v) is 2.52. The van der Waals surface area contributed by atoms with Gasteiger partial charge < -0.3 is 10.1 Å². The molecule has 4 heteroatoms. The monoisotopic (exact) mass is 304 g/mol. The summed E-state index contributed by atoms with van der Waals surface area (Å²) in [6.45, 7) is 6.96. The zero-order valence-corrected chi connectivity index (χ0v) is 13.4. The third-order valence-electron chi connectivity index (χ3n) is 3.12. The average Bonchev–Trinajstić information content (AvgIpc) is 2.46. The number of halogens is 1. The van der Waals surface area contributed by atoms with Crippen molar-refractivity contribution >= 4 is 11.6 Å². The highest BCUT2D eigenvalue weighted by Gasteiger charge is 2.20. The fourth-order valence-electron chi connectivity index (χ4n) is 2.29. The van der Waals surface area contributed by atoms with Gasteiger partial charge in [-0.1, -0.05) is 36.7 Å². The standard InChI is InChI=1S/C17H21ClN2O/c1-4-20-17(13-9-10-19-11-15(13)18)14-7-5-6-8-16(14)21-12(2)3/h5-12,17,20H,4H2,1-3H3. The predicted molar refractivity (Wildman–Crippen MR) is 87.0 cm³/mol. The van der Waals surface area contributed by atoms with Crippen LogP contribution in [0, 0.1) is 0 Å². The van der Waals surface area contributed by atoms with Gasteiger partial charge in [-0.2, -0.15) is 0 Å². The normalized spacial score (nSPS) is 12.4. The van der Waals surface area contributed by atoms with Crippen molar-refractivity contribution in [3.05, 3.63) is 58.9 Å². The number of hydrogen-bond acceptors (Lipinski definition) is 3. The number of hydrogen-bond donors (Lipinski definition) is 1. The van der Waals surface area contributed by atoms with Crippen LogP contribution in [0.25, 0.3) is 0 Å². The molecule has 3 nitrogen and oxygen atoms in total. The molecule has 1 N–H and O–H groups in total. The summed E-state index contributed by atoms with van der Waals surface area (Å²) in [6.07, 6.45) is 3.56. The number of benzene rings is 1.